The summed E-state index contributed by atoms with van der Waals surface area (Å²) in [5, 5.41) is 0. The summed E-state index contributed by atoms with van der Waals surface area (Å²) in [6.07, 6.45) is 2.72. The number of primary amides is 1. The molecule has 14 heavy (non-hydrogen) atoms. The van der Waals surface area contributed by atoms with Gasteiger partial charge in [0.2, 0.25) is 5.91 Å². The molecule has 0 aromatic carbocycles. The first-order chi connectivity index (χ1) is 6.35. The number of amides is 1. The van der Waals surface area contributed by atoms with Crippen LogP contribution in [0.25, 0.3) is 0 Å². The van der Waals surface area contributed by atoms with Crippen molar-refractivity contribution in [3.05, 3.63) is 0 Å². The van der Waals surface area contributed by atoms with Crippen molar-refractivity contribution in [1.82, 2.24) is 0 Å². The van der Waals surface area contributed by atoms with E-state index < -0.39 is 0 Å². The number of carbonyl (C=O) groups excluding carboxylic acids is 1. The third kappa shape index (κ3) is 1.54. The molecule has 0 aromatic rings. The molecule has 1 amide bonds. The van der Waals surface area contributed by atoms with Crippen LogP contribution < -0.4 is 11.5 Å². The Morgan fingerprint density at radius 1 is 1.50 bits per heavy atom. The summed E-state index contributed by atoms with van der Waals surface area (Å²) >= 11 is 0. The Bertz CT molecular complexity index is 237. The molecule has 2 unspecified atom stereocenters. The van der Waals surface area contributed by atoms with Crippen molar-refractivity contribution in [2.45, 2.75) is 40.0 Å². The highest BCUT2D eigenvalue weighted by Gasteiger charge is 2.52. The molecule has 1 aliphatic rings. The molecular weight excluding hydrogens is 176 g/mol. The number of hydrogen-bond acceptors (Lipinski definition) is 2. The van der Waals surface area contributed by atoms with E-state index in [1.807, 2.05) is 0 Å². The van der Waals surface area contributed by atoms with Crippen molar-refractivity contribution in [3.63, 3.8) is 0 Å². The Labute approximate surface area is 86.2 Å². The SMILES string of the molecule is CC1CCC(C)(C)C1(CN)CC(N)=O. The van der Waals surface area contributed by atoms with Crippen molar-refractivity contribution < 1.29 is 4.79 Å². The molecule has 0 radical (unpaired) electrons. The Morgan fingerprint density at radius 2 is 2.07 bits per heavy atom. The van der Waals surface area contributed by atoms with E-state index in [9.17, 15) is 4.79 Å². The Kier molecular flexibility index (Phi) is 2.91. The molecule has 0 aromatic heterocycles. The summed E-state index contributed by atoms with van der Waals surface area (Å²) in [4.78, 5) is 11.1. The van der Waals surface area contributed by atoms with E-state index in [0.29, 0.717) is 18.9 Å². The van der Waals surface area contributed by atoms with Crippen LogP contribution in [-0.4, -0.2) is 12.5 Å². The first-order valence-corrected chi connectivity index (χ1v) is 5.34. The van der Waals surface area contributed by atoms with Crippen LogP contribution in [0.5, 0.6) is 0 Å². The number of nitrogens with two attached hydrogens (primary N) is 2. The van der Waals surface area contributed by atoms with Crippen LogP contribution in [0.15, 0.2) is 0 Å². The predicted octanol–water partition coefficient (Wildman–Crippen LogP) is 1.26. The fourth-order valence-corrected chi connectivity index (χ4v) is 3.04. The largest absolute Gasteiger partial charge is 0.370 e. The monoisotopic (exact) mass is 198 g/mol. The van der Waals surface area contributed by atoms with Gasteiger partial charge in [-0.2, -0.15) is 0 Å². The normalized spacial score (nSPS) is 35.9. The van der Waals surface area contributed by atoms with Gasteiger partial charge in [-0.05, 0) is 36.1 Å². The second kappa shape index (κ2) is 3.54. The van der Waals surface area contributed by atoms with Gasteiger partial charge in [-0.3, -0.25) is 4.79 Å². The third-order valence-corrected chi connectivity index (χ3v) is 4.35. The fourth-order valence-electron chi connectivity index (χ4n) is 3.04. The van der Waals surface area contributed by atoms with E-state index in [-0.39, 0.29) is 16.7 Å². The molecule has 4 N–H and O–H groups in total. The maximum absolute atomic E-state index is 11.1. The van der Waals surface area contributed by atoms with Crippen LogP contribution in [0, 0.1) is 16.7 Å². The van der Waals surface area contributed by atoms with Gasteiger partial charge in [0.1, 0.15) is 0 Å². The molecule has 1 saturated carbocycles. The van der Waals surface area contributed by atoms with Crippen LogP contribution in [0.1, 0.15) is 40.0 Å². The summed E-state index contributed by atoms with van der Waals surface area (Å²) in [5.41, 5.74) is 11.2. The molecule has 3 nitrogen and oxygen atoms in total. The molecule has 0 bridgehead atoms. The molecule has 0 saturated heterocycles. The van der Waals surface area contributed by atoms with E-state index in [0.717, 1.165) is 12.8 Å². The van der Waals surface area contributed by atoms with Crippen LogP contribution in [0.3, 0.4) is 0 Å². The van der Waals surface area contributed by atoms with Gasteiger partial charge in [0, 0.05) is 6.42 Å². The van der Waals surface area contributed by atoms with Crippen molar-refractivity contribution in [2.24, 2.45) is 28.2 Å². The Morgan fingerprint density at radius 3 is 2.36 bits per heavy atom. The van der Waals surface area contributed by atoms with Crippen molar-refractivity contribution in [1.29, 1.82) is 0 Å². The molecule has 1 rings (SSSR count). The van der Waals surface area contributed by atoms with Gasteiger partial charge >= 0.3 is 0 Å². The highest BCUT2D eigenvalue weighted by atomic mass is 16.1. The van der Waals surface area contributed by atoms with Crippen LogP contribution >= 0.6 is 0 Å². The Balaban J connectivity index is 2.99. The second-order valence-electron chi connectivity index (χ2n) is 5.33. The van der Waals surface area contributed by atoms with Gasteiger partial charge in [0.15, 0.2) is 0 Å². The first-order valence-electron chi connectivity index (χ1n) is 5.34. The molecule has 0 heterocycles. The quantitative estimate of drug-likeness (QED) is 0.717. The maximum Gasteiger partial charge on any atom is 0.218 e. The lowest BCUT2D eigenvalue weighted by atomic mass is 9.62. The van der Waals surface area contributed by atoms with E-state index in [4.69, 9.17) is 11.5 Å². The minimum Gasteiger partial charge on any atom is -0.370 e. The number of hydrogen-bond donors (Lipinski definition) is 2. The van der Waals surface area contributed by atoms with Crippen molar-refractivity contribution in [3.8, 4) is 0 Å². The maximum atomic E-state index is 11.1. The van der Waals surface area contributed by atoms with Crippen molar-refractivity contribution >= 4 is 5.91 Å². The Hall–Kier alpha value is -0.570. The third-order valence-electron chi connectivity index (χ3n) is 4.35. The van der Waals surface area contributed by atoms with E-state index in [1.165, 1.54) is 0 Å². The number of rotatable bonds is 3. The molecule has 1 aliphatic carbocycles. The smallest absolute Gasteiger partial charge is 0.218 e. The van der Waals surface area contributed by atoms with Gasteiger partial charge in [-0.1, -0.05) is 20.8 Å². The average molecular weight is 198 g/mol. The summed E-state index contributed by atoms with van der Waals surface area (Å²) < 4.78 is 0. The zero-order valence-corrected chi connectivity index (χ0v) is 9.47. The summed E-state index contributed by atoms with van der Waals surface area (Å²) in [5.74, 6) is 0.271. The van der Waals surface area contributed by atoms with Crippen molar-refractivity contribution in [2.75, 3.05) is 6.54 Å². The lowest BCUT2D eigenvalue weighted by Gasteiger charge is -2.43. The topological polar surface area (TPSA) is 69.1 Å². The van der Waals surface area contributed by atoms with Crippen LogP contribution in [0.2, 0.25) is 0 Å². The highest BCUT2D eigenvalue weighted by molar-refractivity contribution is 5.74. The summed E-state index contributed by atoms with van der Waals surface area (Å²) in [7, 11) is 0. The molecule has 0 spiro atoms. The van der Waals surface area contributed by atoms with Gasteiger partial charge in [-0.15, -0.1) is 0 Å². The summed E-state index contributed by atoms with van der Waals surface area (Å²) in [6, 6.07) is 0. The lowest BCUT2D eigenvalue weighted by molar-refractivity contribution is -0.122. The zero-order valence-electron chi connectivity index (χ0n) is 9.47. The van der Waals surface area contributed by atoms with Crippen LogP contribution in [-0.2, 0) is 4.79 Å². The number of carbonyl (C=O) groups is 1. The minimum atomic E-state index is -0.225. The lowest BCUT2D eigenvalue weighted by Crippen LogP contribution is -2.46. The first kappa shape index (κ1) is 11.5. The minimum absolute atomic E-state index is 0.0845. The van der Waals surface area contributed by atoms with Gasteiger partial charge in [0.05, 0.1) is 0 Å². The zero-order chi connectivity index (χ0) is 11.0. The highest BCUT2D eigenvalue weighted by Crippen LogP contribution is 2.57. The molecule has 2 atom stereocenters. The standard InChI is InChI=1S/C11H22N2O/c1-8-4-5-10(2,3)11(8,7-12)6-9(13)14/h8H,4-7,12H2,1-3H3,(H2,13,14). The fraction of sp³-hybridized carbons (Fsp3) is 0.909. The van der Waals surface area contributed by atoms with E-state index >= 15 is 0 Å². The van der Waals surface area contributed by atoms with E-state index in [2.05, 4.69) is 20.8 Å². The molecular formula is C11H22N2O. The van der Waals surface area contributed by atoms with Gasteiger partial charge < -0.3 is 11.5 Å². The van der Waals surface area contributed by atoms with E-state index in [1.54, 1.807) is 0 Å². The van der Waals surface area contributed by atoms with Gasteiger partial charge in [-0.25, -0.2) is 0 Å². The molecule has 0 aliphatic heterocycles. The second-order valence-corrected chi connectivity index (χ2v) is 5.33. The predicted molar refractivity (Wildman–Crippen MR) is 57.5 cm³/mol. The molecule has 1 fully saturated rings. The van der Waals surface area contributed by atoms with Crippen LogP contribution in [0.4, 0.5) is 0 Å². The molecule has 82 valence electrons. The average Bonchev–Trinajstić information content (AvgIpc) is 2.28. The molecule has 3 heteroatoms. The summed E-state index contributed by atoms with van der Waals surface area (Å²) in [6.45, 7) is 7.15. The van der Waals surface area contributed by atoms with Gasteiger partial charge in [0.25, 0.3) is 0 Å².